The minimum Gasteiger partial charge on any atom is -0.379 e. The van der Waals surface area contributed by atoms with Gasteiger partial charge in [-0.3, -0.25) is 4.79 Å². The summed E-state index contributed by atoms with van der Waals surface area (Å²) in [4.78, 5) is 14.5. The molecule has 1 atom stereocenters. The Labute approximate surface area is 111 Å². The van der Waals surface area contributed by atoms with Crippen LogP contribution in [0.15, 0.2) is 24.4 Å². The van der Waals surface area contributed by atoms with Crippen molar-refractivity contribution in [3.05, 3.63) is 35.5 Å². The van der Waals surface area contributed by atoms with Gasteiger partial charge in [0.25, 0.3) is 5.91 Å². The van der Waals surface area contributed by atoms with Crippen LogP contribution < -0.4 is 11.1 Å². The molecule has 1 aliphatic heterocycles. The van der Waals surface area contributed by atoms with E-state index < -0.39 is 5.91 Å². The average molecular weight is 259 g/mol. The Hall–Kier alpha value is -1.85. The first-order valence-electron chi connectivity index (χ1n) is 6.45. The van der Waals surface area contributed by atoms with E-state index in [9.17, 15) is 4.79 Å². The number of hydrogen-bond acceptors (Lipinski definition) is 3. The van der Waals surface area contributed by atoms with Crippen LogP contribution in [0.1, 0.15) is 21.8 Å². The molecule has 100 valence electrons. The summed E-state index contributed by atoms with van der Waals surface area (Å²) in [5.74, 6) is -0.114. The highest BCUT2D eigenvalue weighted by Crippen LogP contribution is 2.28. The first-order chi connectivity index (χ1) is 9.27. The van der Waals surface area contributed by atoms with Crippen LogP contribution in [0.2, 0.25) is 0 Å². The standard InChI is InChI=1S/C14H17N3O2/c15-14(18)12-2-1-10(11-3-4-17-13(11)12)9-7-16-5-6-19-8-9/h1-4,9,16-17H,5-8H2,(H2,15,18)/t9-/m1/s1. The Kier molecular flexibility index (Phi) is 3.23. The van der Waals surface area contributed by atoms with Gasteiger partial charge in [-0.05, 0) is 17.7 Å². The van der Waals surface area contributed by atoms with Gasteiger partial charge < -0.3 is 20.8 Å². The van der Waals surface area contributed by atoms with E-state index in [1.165, 1.54) is 5.56 Å². The average Bonchev–Trinajstić information content (AvgIpc) is 2.73. The second-order valence-corrected chi connectivity index (χ2v) is 4.81. The van der Waals surface area contributed by atoms with Crippen LogP contribution >= 0.6 is 0 Å². The third-order valence-electron chi connectivity index (χ3n) is 3.60. The highest BCUT2D eigenvalue weighted by atomic mass is 16.5. The zero-order valence-electron chi connectivity index (χ0n) is 10.6. The number of amides is 1. The smallest absolute Gasteiger partial charge is 0.250 e. The molecule has 0 spiro atoms. The molecule has 1 aromatic carbocycles. The van der Waals surface area contributed by atoms with Crippen molar-refractivity contribution in [3.8, 4) is 0 Å². The Balaban J connectivity index is 2.06. The molecule has 4 N–H and O–H groups in total. The molecule has 1 aliphatic rings. The molecule has 0 radical (unpaired) electrons. The van der Waals surface area contributed by atoms with E-state index in [1.807, 2.05) is 18.3 Å². The van der Waals surface area contributed by atoms with E-state index in [0.717, 1.165) is 30.6 Å². The minimum atomic E-state index is -0.408. The van der Waals surface area contributed by atoms with Crippen molar-refractivity contribution in [2.24, 2.45) is 5.73 Å². The molecule has 0 aliphatic carbocycles. The predicted octanol–water partition coefficient (Wildman–Crippen LogP) is 0.970. The summed E-state index contributed by atoms with van der Waals surface area (Å²) >= 11 is 0. The molecule has 2 aromatic rings. The molecule has 5 heteroatoms. The lowest BCUT2D eigenvalue weighted by molar-refractivity contribution is 0.100. The third kappa shape index (κ3) is 2.22. The molecule has 0 saturated carbocycles. The number of ether oxygens (including phenoxy) is 1. The molecule has 5 nitrogen and oxygen atoms in total. The van der Waals surface area contributed by atoms with Gasteiger partial charge in [0.05, 0.1) is 24.3 Å². The summed E-state index contributed by atoms with van der Waals surface area (Å²) in [6, 6.07) is 5.76. The summed E-state index contributed by atoms with van der Waals surface area (Å²) in [6.45, 7) is 3.21. The van der Waals surface area contributed by atoms with Gasteiger partial charge in [0.1, 0.15) is 0 Å². The SMILES string of the molecule is NC(=O)c1ccc([C@@H]2CNCCOC2)c2cc[nH]c12. The number of rotatable bonds is 2. The monoisotopic (exact) mass is 259 g/mol. The second-order valence-electron chi connectivity index (χ2n) is 4.81. The van der Waals surface area contributed by atoms with Gasteiger partial charge in [0.2, 0.25) is 0 Å². The molecule has 1 aromatic heterocycles. The molecular weight excluding hydrogens is 242 g/mol. The van der Waals surface area contributed by atoms with Gasteiger partial charge in [-0.25, -0.2) is 0 Å². The second kappa shape index (κ2) is 5.03. The fourth-order valence-corrected chi connectivity index (χ4v) is 2.65. The van der Waals surface area contributed by atoms with Crippen molar-refractivity contribution in [1.29, 1.82) is 0 Å². The first-order valence-corrected chi connectivity index (χ1v) is 6.45. The maximum atomic E-state index is 11.4. The fraction of sp³-hybridized carbons (Fsp3) is 0.357. The van der Waals surface area contributed by atoms with Crippen LogP contribution in [0.25, 0.3) is 10.9 Å². The van der Waals surface area contributed by atoms with Crippen molar-refractivity contribution < 1.29 is 9.53 Å². The van der Waals surface area contributed by atoms with E-state index >= 15 is 0 Å². The van der Waals surface area contributed by atoms with Gasteiger partial charge >= 0.3 is 0 Å². The van der Waals surface area contributed by atoms with Gasteiger partial charge in [0, 0.05) is 30.6 Å². The van der Waals surface area contributed by atoms with Crippen LogP contribution in [0, 0.1) is 0 Å². The van der Waals surface area contributed by atoms with Crippen molar-refractivity contribution in [2.75, 3.05) is 26.3 Å². The van der Waals surface area contributed by atoms with Crippen LogP contribution in [0.5, 0.6) is 0 Å². The normalized spacial score (nSPS) is 20.3. The summed E-state index contributed by atoms with van der Waals surface area (Å²) < 4.78 is 5.60. The number of primary amides is 1. The summed E-state index contributed by atoms with van der Waals surface area (Å²) in [5, 5.41) is 4.41. The number of aromatic amines is 1. The number of H-pyrrole nitrogens is 1. The largest absolute Gasteiger partial charge is 0.379 e. The third-order valence-corrected chi connectivity index (χ3v) is 3.60. The summed E-state index contributed by atoms with van der Waals surface area (Å²) in [7, 11) is 0. The number of benzene rings is 1. The number of carbonyl (C=O) groups is 1. The predicted molar refractivity (Wildman–Crippen MR) is 73.2 cm³/mol. The van der Waals surface area contributed by atoms with E-state index in [-0.39, 0.29) is 0 Å². The summed E-state index contributed by atoms with van der Waals surface area (Å²) in [5.41, 5.74) is 7.93. The molecule has 0 bridgehead atoms. The van der Waals surface area contributed by atoms with E-state index in [1.54, 1.807) is 6.07 Å². The number of carbonyl (C=O) groups excluding carboxylic acids is 1. The molecule has 19 heavy (non-hydrogen) atoms. The van der Waals surface area contributed by atoms with Gasteiger partial charge in [-0.15, -0.1) is 0 Å². The zero-order chi connectivity index (χ0) is 13.2. The number of hydrogen-bond donors (Lipinski definition) is 3. The molecule has 0 unspecified atom stereocenters. The van der Waals surface area contributed by atoms with Crippen molar-refractivity contribution in [1.82, 2.24) is 10.3 Å². The van der Waals surface area contributed by atoms with Gasteiger partial charge in [0.15, 0.2) is 0 Å². The van der Waals surface area contributed by atoms with Crippen molar-refractivity contribution in [2.45, 2.75) is 5.92 Å². The Bertz CT molecular complexity index is 598. The lowest BCUT2D eigenvalue weighted by Crippen LogP contribution is -2.21. The molecule has 3 rings (SSSR count). The zero-order valence-corrected chi connectivity index (χ0v) is 10.6. The number of aromatic nitrogens is 1. The van der Waals surface area contributed by atoms with Crippen molar-refractivity contribution in [3.63, 3.8) is 0 Å². The van der Waals surface area contributed by atoms with E-state index in [2.05, 4.69) is 10.3 Å². The minimum absolute atomic E-state index is 0.294. The maximum absolute atomic E-state index is 11.4. The Morgan fingerprint density at radius 2 is 2.26 bits per heavy atom. The Morgan fingerprint density at radius 3 is 3.11 bits per heavy atom. The molecule has 1 fully saturated rings. The summed E-state index contributed by atoms with van der Waals surface area (Å²) in [6.07, 6.45) is 1.84. The highest BCUT2D eigenvalue weighted by molar-refractivity contribution is 6.05. The topological polar surface area (TPSA) is 80.1 Å². The highest BCUT2D eigenvalue weighted by Gasteiger charge is 2.19. The molecule has 2 heterocycles. The molecule has 1 saturated heterocycles. The van der Waals surface area contributed by atoms with Crippen LogP contribution in [-0.2, 0) is 4.74 Å². The van der Waals surface area contributed by atoms with Gasteiger partial charge in [-0.2, -0.15) is 0 Å². The number of nitrogens with two attached hydrogens (primary N) is 1. The first kappa shape index (κ1) is 12.2. The van der Waals surface area contributed by atoms with Crippen LogP contribution in [0.4, 0.5) is 0 Å². The lowest BCUT2D eigenvalue weighted by Gasteiger charge is -2.16. The lowest BCUT2D eigenvalue weighted by atomic mass is 9.94. The quantitative estimate of drug-likeness (QED) is 0.751. The van der Waals surface area contributed by atoms with E-state index in [4.69, 9.17) is 10.5 Å². The Morgan fingerprint density at radius 1 is 1.37 bits per heavy atom. The van der Waals surface area contributed by atoms with E-state index in [0.29, 0.717) is 18.1 Å². The van der Waals surface area contributed by atoms with Crippen molar-refractivity contribution >= 4 is 16.8 Å². The molecule has 1 amide bonds. The maximum Gasteiger partial charge on any atom is 0.250 e. The molecular formula is C14H17N3O2. The van der Waals surface area contributed by atoms with Crippen LogP contribution in [-0.4, -0.2) is 37.2 Å². The van der Waals surface area contributed by atoms with Gasteiger partial charge in [-0.1, -0.05) is 6.07 Å². The van der Waals surface area contributed by atoms with Crippen LogP contribution in [0.3, 0.4) is 0 Å². The fourth-order valence-electron chi connectivity index (χ4n) is 2.65. The number of fused-ring (bicyclic) bond motifs is 1. The number of nitrogens with one attached hydrogen (secondary N) is 2.